The summed E-state index contributed by atoms with van der Waals surface area (Å²) in [5, 5.41) is 2.81. The summed E-state index contributed by atoms with van der Waals surface area (Å²) in [6.45, 7) is 3.25. The molecule has 1 aliphatic heterocycles. The minimum Gasteiger partial charge on any atom is -0.467 e. The van der Waals surface area contributed by atoms with Crippen molar-refractivity contribution in [3.05, 3.63) is 59.5 Å². The van der Waals surface area contributed by atoms with Gasteiger partial charge in [0.25, 0.3) is 11.8 Å². The van der Waals surface area contributed by atoms with E-state index in [4.69, 9.17) is 4.42 Å². The Kier molecular flexibility index (Phi) is 5.53. The summed E-state index contributed by atoms with van der Waals surface area (Å²) in [5.74, 6) is 0.503. The first kappa shape index (κ1) is 17.3. The normalized spacial score (nSPS) is 17.3. The van der Waals surface area contributed by atoms with Crippen molar-refractivity contribution >= 4 is 11.8 Å². The number of hydrogen-bond acceptors (Lipinski definition) is 3. The van der Waals surface area contributed by atoms with Crippen LogP contribution in [0.15, 0.2) is 47.1 Å². The molecule has 2 heterocycles. The molecule has 1 fully saturated rings. The maximum atomic E-state index is 12.9. The Morgan fingerprint density at radius 2 is 2.04 bits per heavy atom. The zero-order valence-corrected chi connectivity index (χ0v) is 14.5. The Balaban J connectivity index is 1.69. The van der Waals surface area contributed by atoms with Gasteiger partial charge in [-0.3, -0.25) is 9.59 Å². The van der Waals surface area contributed by atoms with Crippen molar-refractivity contribution in [1.29, 1.82) is 0 Å². The third-order valence-electron chi connectivity index (χ3n) is 4.73. The number of furan rings is 1. The molecule has 1 unspecified atom stereocenters. The van der Waals surface area contributed by atoms with Crippen LogP contribution in [0.25, 0.3) is 0 Å². The highest BCUT2D eigenvalue weighted by atomic mass is 16.3. The van der Waals surface area contributed by atoms with Gasteiger partial charge >= 0.3 is 0 Å². The number of rotatable bonds is 5. The summed E-state index contributed by atoms with van der Waals surface area (Å²) in [4.78, 5) is 27.2. The molecule has 132 valence electrons. The topological polar surface area (TPSA) is 62.6 Å². The third kappa shape index (κ3) is 4.10. The molecule has 25 heavy (non-hydrogen) atoms. The summed E-state index contributed by atoms with van der Waals surface area (Å²) in [6.07, 6.45) is 5.83. The van der Waals surface area contributed by atoms with Gasteiger partial charge in [0, 0.05) is 23.7 Å². The lowest BCUT2D eigenvalue weighted by Crippen LogP contribution is -2.43. The summed E-state index contributed by atoms with van der Waals surface area (Å²) < 4.78 is 5.21. The Hall–Kier alpha value is -2.56. The first-order valence-corrected chi connectivity index (χ1v) is 8.90. The molecular formula is C20H24N2O3. The smallest absolute Gasteiger partial charge is 0.254 e. The lowest BCUT2D eigenvalue weighted by molar-refractivity contribution is 0.0608. The van der Waals surface area contributed by atoms with Gasteiger partial charge in [-0.1, -0.05) is 13.0 Å². The fourth-order valence-electron chi connectivity index (χ4n) is 3.33. The van der Waals surface area contributed by atoms with Crippen molar-refractivity contribution in [2.24, 2.45) is 0 Å². The van der Waals surface area contributed by atoms with Crippen molar-refractivity contribution in [2.45, 2.75) is 45.2 Å². The highest BCUT2D eigenvalue weighted by Crippen LogP contribution is 2.22. The summed E-state index contributed by atoms with van der Waals surface area (Å²) in [6, 6.07) is 10.8. The Morgan fingerprint density at radius 1 is 1.20 bits per heavy atom. The van der Waals surface area contributed by atoms with E-state index in [0.717, 1.165) is 25.8 Å². The van der Waals surface area contributed by atoms with Gasteiger partial charge in [0.05, 0.1) is 12.8 Å². The standard InChI is InChI=1S/C20H24N2O3/c1-2-17-9-3-4-11-22(17)20(24)16-8-5-7-15(13-16)19(23)21-14-18-10-6-12-25-18/h5-8,10,12-13,17H,2-4,9,11,14H2,1H3,(H,21,23). The van der Waals surface area contributed by atoms with Gasteiger partial charge in [-0.25, -0.2) is 0 Å². The maximum Gasteiger partial charge on any atom is 0.254 e. The number of likely N-dealkylation sites (tertiary alicyclic amines) is 1. The molecule has 1 aliphatic rings. The van der Waals surface area contributed by atoms with E-state index in [0.29, 0.717) is 29.5 Å². The molecule has 0 spiro atoms. The molecule has 5 heteroatoms. The molecule has 3 rings (SSSR count). The van der Waals surface area contributed by atoms with E-state index in [2.05, 4.69) is 12.2 Å². The molecule has 0 aliphatic carbocycles. The van der Waals surface area contributed by atoms with Crippen LogP contribution in [0, 0.1) is 0 Å². The number of benzene rings is 1. The minimum atomic E-state index is -0.211. The van der Waals surface area contributed by atoms with Crippen LogP contribution in [0.5, 0.6) is 0 Å². The van der Waals surface area contributed by atoms with Crippen molar-refractivity contribution in [3.63, 3.8) is 0 Å². The first-order valence-electron chi connectivity index (χ1n) is 8.90. The highest BCUT2D eigenvalue weighted by molar-refractivity contribution is 5.99. The molecule has 0 radical (unpaired) electrons. The van der Waals surface area contributed by atoms with Gasteiger partial charge in [-0.15, -0.1) is 0 Å². The van der Waals surface area contributed by atoms with Crippen LogP contribution in [0.3, 0.4) is 0 Å². The second-order valence-electron chi connectivity index (χ2n) is 6.40. The van der Waals surface area contributed by atoms with Crippen LogP contribution in [0.4, 0.5) is 0 Å². The summed E-state index contributed by atoms with van der Waals surface area (Å²) >= 11 is 0. The average molecular weight is 340 g/mol. The molecular weight excluding hydrogens is 316 g/mol. The number of nitrogens with zero attached hydrogens (tertiary/aromatic N) is 1. The van der Waals surface area contributed by atoms with Gasteiger partial charge in [-0.2, -0.15) is 0 Å². The summed E-state index contributed by atoms with van der Waals surface area (Å²) in [7, 11) is 0. The monoisotopic (exact) mass is 340 g/mol. The molecule has 1 aromatic heterocycles. The largest absolute Gasteiger partial charge is 0.467 e. The van der Waals surface area contributed by atoms with Gasteiger partial charge in [0.1, 0.15) is 5.76 Å². The SMILES string of the molecule is CCC1CCCCN1C(=O)c1cccc(C(=O)NCc2ccco2)c1. The predicted molar refractivity (Wildman–Crippen MR) is 95.3 cm³/mol. The van der Waals surface area contributed by atoms with Crippen LogP contribution in [-0.4, -0.2) is 29.3 Å². The van der Waals surface area contributed by atoms with Crippen LogP contribution < -0.4 is 5.32 Å². The van der Waals surface area contributed by atoms with Crippen LogP contribution in [0.2, 0.25) is 0 Å². The van der Waals surface area contributed by atoms with Gasteiger partial charge in [-0.05, 0) is 56.0 Å². The van der Waals surface area contributed by atoms with Crippen molar-refractivity contribution in [1.82, 2.24) is 10.2 Å². The number of carbonyl (C=O) groups is 2. The Labute approximate surface area is 148 Å². The lowest BCUT2D eigenvalue weighted by atomic mass is 9.98. The molecule has 0 bridgehead atoms. The van der Waals surface area contributed by atoms with Crippen molar-refractivity contribution in [2.75, 3.05) is 6.54 Å². The van der Waals surface area contributed by atoms with Crippen LogP contribution in [-0.2, 0) is 6.54 Å². The maximum absolute atomic E-state index is 12.9. The van der Waals surface area contributed by atoms with Gasteiger partial charge in [0.15, 0.2) is 0 Å². The molecule has 0 saturated carbocycles. The second-order valence-corrected chi connectivity index (χ2v) is 6.40. The fraction of sp³-hybridized carbons (Fsp3) is 0.400. The minimum absolute atomic E-state index is 0.0206. The lowest BCUT2D eigenvalue weighted by Gasteiger charge is -2.35. The summed E-state index contributed by atoms with van der Waals surface area (Å²) in [5.41, 5.74) is 1.06. The number of amides is 2. The molecule has 1 aromatic carbocycles. The number of carbonyl (C=O) groups excluding carboxylic acids is 2. The van der Waals surface area contributed by atoms with Crippen LogP contribution in [0.1, 0.15) is 59.1 Å². The number of piperidine rings is 1. The number of hydrogen-bond donors (Lipinski definition) is 1. The van der Waals surface area contributed by atoms with Gasteiger partial charge in [0.2, 0.25) is 0 Å². The quantitative estimate of drug-likeness (QED) is 0.904. The van der Waals surface area contributed by atoms with E-state index in [1.54, 1.807) is 36.6 Å². The molecule has 1 saturated heterocycles. The molecule has 2 aromatic rings. The van der Waals surface area contributed by atoms with Crippen molar-refractivity contribution in [3.8, 4) is 0 Å². The Bertz CT molecular complexity index is 724. The average Bonchev–Trinajstić information content (AvgIpc) is 3.19. The fourth-order valence-corrected chi connectivity index (χ4v) is 3.33. The third-order valence-corrected chi connectivity index (χ3v) is 4.73. The van der Waals surface area contributed by atoms with E-state index in [1.165, 1.54) is 6.42 Å². The first-order chi connectivity index (χ1) is 12.2. The van der Waals surface area contributed by atoms with E-state index in [1.807, 2.05) is 11.0 Å². The van der Waals surface area contributed by atoms with E-state index >= 15 is 0 Å². The molecule has 5 nitrogen and oxygen atoms in total. The Morgan fingerprint density at radius 3 is 2.80 bits per heavy atom. The van der Waals surface area contributed by atoms with E-state index < -0.39 is 0 Å². The molecule has 1 N–H and O–H groups in total. The number of nitrogens with one attached hydrogen (secondary N) is 1. The van der Waals surface area contributed by atoms with Crippen LogP contribution >= 0.6 is 0 Å². The zero-order chi connectivity index (χ0) is 17.6. The molecule has 2 amide bonds. The van der Waals surface area contributed by atoms with E-state index in [9.17, 15) is 9.59 Å². The molecule has 1 atom stereocenters. The zero-order valence-electron chi connectivity index (χ0n) is 14.5. The highest BCUT2D eigenvalue weighted by Gasteiger charge is 2.26. The van der Waals surface area contributed by atoms with Gasteiger partial charge < -0.3 is 14.6 Å². The predicted octanol–water partition coefficient (Wildman–Crippen LogP) is 3.61. The van der Waals surface area contributed by atoms with E-state index in [-0.39, 0.29) is 11.8 Å². The second kappa shape index (κ2) is 8.01. The van der Waals surface area contributed by atoms with Crippen molar-refractivity contribution < 1.29 is 14.0 Å².